The number of halogens is 1. The molecule has 0 fully saturated rings. The normalized spacial score (nSPS) is 12.9. The number of carboxylic acids is 1. The van der Waals surface area contributed by atoms with Crippen molar-refractivity contribution in [1.82, 2.24) is 4.98 Å². The highest BCUT2D eigenvalue weighted by atomic mass is 19.1. The number of aliphatic hydroxyl groups excluding tert-OH is 1. The predicted octanol–water partition coefficient (Wildman–Crippen LogP) is 1.08. The average Bonchev–Trinajstić information content (AvgIpc) is 2.61. The Morgan fingerprint density at radius 1 is 1.53 bits per heavy atom. The summed E-state index contributed by atoms with van der Waals surface area (Å²) >= 11 is 0. The van der Waals surface area contributed by atoms with E-state index in [9.17, 15) is 9.18 Å². The number of rotatable bonds is 2. The molecule has 0 saturated heterocycles. The number of aliphatic carboxylic acids is 1. The van der Waals surface area contributed by atoms with Crippen LogP contribution in [-0.2, 0) is 4.79 Å². The molecule has 1 aromatic heterocycles. The van der Waals surface area contributed by atoms with E-state index in [4.69, 9.17) is 14.6 Å². The molecule has 0 spiro atoms. The summed E-state index contributed by atoms with van der Waals surface area (Å²) in [5, 5.41) is 17.6. The van der Waals surface area contributed by atoms with Crippen molar-refractivity contribution in [3.05, 3.63) is 29.9 Å². The van der Waals surface area contributed by atoms with Gasteiger partial charge >= 0.3 is 5.97 Å². The Bertz CT molecular complexity index is 522. The molecule has 0 aliphatic rings. The molecule has 0 aliphatic carbocycles. The van der Waals surface area contributed by atoms with Gasteiger partial charge in [0.1, 0.15) is 5.52 Å². The standard InChI is InChI=1S/C9H6FNO4/c10-4-2-1-3-5-7(4)15-8(11-5)6(12)9(13)14/h1-3,6,12H,(H,13,14). The number of aromatic nitrogens is 1. The number of para-hydroxylation sites is 1. The van der Waals surface area contributed by atoms with Crippen LogP contribution in [0.5, 0.6) is 0 Å². The SMILES string of the molecule is O=C(O)C(O)c1nc2cccc(F)c2o1. The fourth-order valence-corrected chi connectivity index (χ4v) is 1.16. The molecule has 15 heavy (non-hydrogen) atoms. The Morgan fingerprint density at radius 3 is 2.87 bits per heavy atom. The van der Waals surface area contributed by atoms with Gasteiger partial charge in [-0.05, 0) is 12.1 Å². The molecule has 6 heteroatoms. The van der Waals surface area contributed by atoms with Crippen molar-refractivity contribution in [2.24, 2.45) is 0 Å². The van der Waals surface area contributed by atoms with Crippen LogP contribution in [0.4, 0.5) is 4.39 Å². The fourth-order valence-electron chi connectivity index (χ4n) is 1.16. The molecule has 1 aromatic carbocycles. The van der Waals surface area contributed by atoms with Gasteiger partial charge < -0.3 is 14.6 Å². The van der Waals surface area contributed by atoms with Gasteiger partial charge in [-0.2, -0.15) is 0 Å². The average molecular weight is 211 g/mol. The van der Waals surface area contributed by atoms with Crippen LogP contribution in [0.25, 0.3) is 11.1 Å². The highest BCUT2D eigenvalue weighted by Gasteiger charge is 2.23. The van der Waals surface area contributed by atoms with Crippen molar-refractivity contribution in [1.29, 1.82) is 0 Å². The molecule has 0 amide bonds. The second kappa shape index (κ2) is 3.32. The van der Waals surface area contributed by atoms with Gasteiger partial charge in [-0.3, -0.25) is 0 Å². The summed E-state index contributed by atoms with van der Waals surface area (Å²) < 4.78 is 17.9. The van der Waals surface area contributed by atoms with Crippen LogP contribution in [0.2, 0.25) is 0 Å². The van der Waals surface area contributed by atoms with Crippen LogP contribution in [0, 0.1) is 5.82 Å². The largest absolute Gasteiger partial charge is 0.479 e. The second-order valence-corrected chi connectivity index (χ2v) is 2.88. The van der Waals surface area contributed by atoms with Crippen molar-refractivity contribution in [3.63, 3.8) is 0 Å². The van der Waals surface area contributed by atoms with E-state index in [0.717, 1.165) is 6.07 Å². The van der Waals surface area contributed by atoms with Gasteiger partial charge in [0.2, 0.25) is 12.0 Å². The number of oxazole rings is 1. The molecule has 0 saturated carbocycles. The van der Waals surface area contributed by atoms with Gasteiger partial charge in [0.25, 0.3) is 0 Å². The lowest BCUT2D eigenvalue weighted by Crippen LogP contribution is -2.10. The van der Waals surface area contributed by atoms with Crippen LogP contribution in [0.1, 0.15) is 12.0 Å². The second-order valence-electron chi connectivity index (χ2n) is 2.88. The van der Waals surface area contributed by atoms with Gasteiger partial charge in [0, 0.05) is 0 Å². The van der Waals surface area contributed by atoms with Crippen LogP contribution in [0.3, 0.4) is 0 Å². The first-order valence-corrected chi connectivity index (χ1v) is 4.05. The number of benzene rings is 1. The van der Waals surface area contributed by atoms with Gasteiger partial charge in [-0.25, -0.2) is 14.2 Å². The van der Waals surface area contributed by atoms with Crippen molar-refractivity contribution in [2.75, 3.05) is 0 Å². The summed E-state index contributed by atoms with van der Waals surface area (Å²) in [7, 11) is 0. The topological polar surface area (TPSA) is 83.6 Å². The molecular weight excluding hydrogens is 205 g/mol. The van der Waals surface area contributed by atoms with Gasteiger partial charge in [-0.15, -0.1) is 0 Å². The van der Waals surface area contributed by atoms with Crippen molar-refractivity contribution in [2.45, 2.75) is 6.10 Å². The summed E-state index contributed by atoms with van der Waals surface area (Å²) in [6.07, 6.45) is -1.88. The summed E-state index contributed by atoms with van der Waals surface area (Å²) in [6, 6.07) is 4.03. The third kappa shape index (κ3) is 1.55. The molecule has 0 bridgehead atoms. The number of nitrogens with zero attached hydrogens (tertiary/aromatic N) is 1. The molecule has 0 radical (unpaired) electrons. The van der Waals surface area contributed by atoms with Crippen LogP contribution >= 0.6 is 0 Å². The van der Waals surface area contributed by atoms with E-state index < -0.39 is 23.8 Å². The maximum Gasteiger partial charge on any atom is 0.342 e. The first kappa shape index (κ1) is 9.60. The molecule has 2 aromatic rings. The lowest BCUT2D eigenvalue weighted by atomic mass is 10.3. The van der Waals surface area contributed by atoms with E-state index >= 15 is 0 Å². The lowest BCUT2D eigenvalue weighted by Gasteiger charge is -1.96. The third-order valence-corrected chi connectivity index (χ3v) is 1.85. The summed E-state index contributed by atoms with van der Waals surface area (Å²) in [4.78, 5) is 14.1. The van der Waals surface area contributed by atoms with Gasteiger partial charge in [-0.1, -0.05) is 6.07 Å². The van der Waals surface area contributed by atoms with Crippen molar-refractivity contribution >= 4 is 17.1 Å². The molecule has 1 heterocycles. The Labute approximate surface area is 82.8 Å². The number of carbonyl (C=O) groups is 1. The number of hydrogen-bond donors (Lipinski definition) is 2. The maximum atomic E-state index is 13.1. The number of aliphatic hydroxyl groups is 1. The highest BCUT2D eigenvalue weighted by Crippen LogP contribution is 2.22. The van der Waals surface area contributed by atoms with Gasteiger partial charge in [0.05, 0.1) is 0 Å². The number of fused-ring (bicyclic) bond motifs is 1. The van der Waals surface area contributed by atoms with E-state index in [-0.39, 0.29) is 11.1 Å². The maximum absolute atomic E-state index is 13.1. The zero-order chi connectivity index (χ0) is 11.0. The van der Waals surface area contributed by atoms with E-state index in [1.54, 1.807) is 0 Å². The van der Waals surface area contributed by atoms with E-state index in [1.165, 1.54) is 12.1 Å². The Hall–Kier alpha value is -1.95. The van der Waals surface area contributed by atoms with Crippen LogP contribution < -0.4 is 0 Å². The van der Waals surface area contributed by atoms with E-state index in [1.807, 2.05) is 0 Å². The van der Waals surface area contributed by atoms with Crippen LogP contribution in [-0.4, -0.2) is 21.2 Å². The quantitative estimate of drug-likeness (QED) is 0.776. The molecule has 0 aliphatic heterocycles. The molecule has 2 N–H and O–H groups in total. The number of carboxylic acid groups (broad SMARTS) is 1. The minimum Gasteiger partial charge on any atom is -0.479 e. The van der Waals surface area contributed by atoms with E-state index in [2.05, 4.69) is 4.98 Å². The Balaban J connectivity index is 2.56. The van der Waals surface area contributed by atoms with Crippen molar-refractivity contribution in [3.8, 4) is 0 Å². The zero-order valence-corrected chi connectivity index (χ0v) is 7.35. The molecular formula is C9H6FNO4. The zero-order valence-electron chi connectivity index (χ0n) is 7.35. The first-order valence-electron chi connectivity index (χ1n) is 4.05. The Morgan fingerprint density at radius 2 is 2.27 bits per heavy atom. The summed E-state index contributed by atoms with van der Waals surface area (Å²) in [6.45, 7) is 0. The Kier molecular flexibility index (Phi) is 2.12. The van der Waals surface area contributed by atoms with E-state index in [0.29, 0.717) is 0 Å². The van der Waals surface area contributed by atoms with Crippen molar-refractivity contribution < 1.29 is 23.8 Å². The monoisotopic (exact) mass is 211 g/mol. The third-order valence-electron chi connectivity index (χ3n) is 1.85. The lowest BCUT2D eigenvalue weighted by molar-refractivity contribution is -0.148. The summed E-state index contributed by atoms with van der Waals surface area (Å²) in [5.41, 5.74) is 0.0121. The predicted molar refractivity (Wildman–Crippen MR) is 46.6 cm³/mol. The molecule has 78 valence electrons. The number of hydrogen-bond acceptors (Lipinski definition) is 4. The molecule has 2 rings (SSSR count). The highest BCUT2D eigenvalue weighted by molar-refractivity contribution is 5.76. The van der Waals surface area contributed by atoms with Gasteiger partial charge in [0.15, 0.2) is 11.4 Å². The van der Waals surface area contributed by atoms with Crippen LogP contribution in [0.15, 0.2) is 22.6 Å². The first-order chi connectivity index (χ1) is 7.09. The minimum atomic E-state index is -1.88. The molecule has 1 unspecified atom stereocenters. The molecule has 1 atom stereocenters. The summed E-state index contributed by atoms with van der Waals surface area (Å²) in [5.74, 6) is -2.58. The minimum absolute atomic E-state index is 0.159. The fraction of sp³-hybridized carbons (Fsp3) is 0.111. The molecule has 5 nitrogen and oxygen atoms in total. The smallest absolute Gasteiger partial charge is 0.342 e.